The first-order valence-corrected chi connectivity index (χ1v) is 9.22. The highest BCUT2D eigenvalue weighted by Crippen LogP contribution is 2.29. The van der Waals surface area contributed by atoms with E-state index in [1.807, 2.05) is 22.8 Å². The standard InChI is InChI=1S/C19H26FN4O2/c1-2-18(25)23-8-6-15(7-9-23)26-16-11-24(12-16)17-5-3-4-14(19(17)20)10-22-13-21/h3-5,15-16H,2,6-12H2,1H3,(H2,21,22). The zero-order chi connectivity index (χ0) is 18.5. The van der Waals surface area contributed by atoms with Gasteiger partial charge in [0.05, 0.1) is 17.9 Å². The van der Waals surface area contributed by atoms with E-state index in [0.717, 1.165) is 25.9 Å². The Kier molecular flexibility index (Phi) is 6.08. The quantitative estimate of drug-likeness (QED) is 0.443. The number of benzene rings is 1. The third-order valence-corrected chi connectivity index (χ3v) is 5.10. The molecule has 1 amide bonds. The van der Waals surface area contributed by atoms with Gasteiger partial charge in [0.25, 0.3) is 0 Å². The number of rotatable bonds is 7. The highest BCUT2D eigenvalue weighted by atomic mass is 19.1. The predicted octanol–water partition coefficient (Wildman–Crippen LogP) is 2.01. The van der Waals surface area contributed by atoms with Crippen LogP contribution in [0.3, 0.4) is 0 Å². The Morgan fingerprint density at radius 2 is 2.08 bits per heavy atom. The van der Waals surface area contributed by atoms with Gasteiger partial charge in [0.1, 0.15) is 0 Å². The van der Waals surface area contributed by atoms with Gasteiger partial charge in [-0.1, -0.05) is 19.1 Å². The van der Waals surface area contributed by atoms with Gasteiger partial charge in [0, 0.05) is 44.7 Å². The summed E-state index contributed by atoms with van der Waals surface area (Å²) in [5, 5.41) is 9.46. The van der Waals surface area contributed by atoms with Crippen LogP contribution in [0.1, 0.15) is 31.7 Å². The number of nitrogens with one attached hydrogen (secondary N) is 2. The second-order valence-corrected chi connectivity index (χ2v) is 6.83. The number of ether oxygens (including phenoxy) is 1. The van der Waals surface area contributed by atoms with Gasteiger partial charge in [0.2, 0.25) is 5.91 Å². The van der Waals surface area contributed by atoms with Crippen molar-refractivity contribution in [3.05, 3.63) is 29.6 Å². The fourth-order valence-electron chi connectivity index (χ4n) is 3.54. The first kappa shape index (κ1) is 18.6. The molecule has 26 heavy (non-hydrogen) atoms. The molecule has 3 rings (SSSR count). The molecule has 2 heterocycles. The van der Waals surface area contributed by atoms with Gasteiger partial charge >= 0.3 is 0 Å². The number of anilines is 1. The molecule has 2 aliphatic heterocycles. The number of likely N-dealkylation sites (tertiary alicyclic amines) is 1. The van der Waals surface area contributed by atoms with E-state index in [-0.39, 0.29) is 30.5 Å². The molecule has 141 valence electrons. The van der Waals surface area contributed by atoms with Crippen LogP contribution < -0.4 is 10.2 Å². The molecular weight excluding hydrogens is 335 g/mol. The van der Waals surface area contributed by atoms with Gasteiger partial charge in [-0.25, -0.2) is 4.39 Å². The fourth-order valence-corrected chi connectivity index (χ4v) is 3.54. The van der Waals surface area contributed by atoms with Crippen LogP contribution in [0.2, 0.25) is 0 Å². The third-order valence-electron chi connectivity index (χ3n) is 5.10. The molecule has 0 aliphatic carbocycles. The van der Waals surface area contributed by atoms with Crippen molar-refractivity contribution in [2.24, 2.45) is 0 Å². The Hall–Kier alpha value is -2.15. The Morgan fingerprint density at radius 1 is 1.35 bits per heavy atom. The number of piperidine rings is 1. The summed E-state index contributed by atoms with van der Waals surface area (Å²) in [5.74, 6) is -0.0381. The zero-order valence-corrected chi connectivity index (χ0v) is 15.1. The van der Waals surface area contributed by atoms with E-state index < -0.39 is 0 Å². The SMILES string of the molecule is CCC(=O)N1CCC(OC2CN(c3cccc(CN[C]=N)c3F)C2)CC1. The van der Waals surface area contributed by atoms with E-state index in [1.165, 1.54) is 0 Å². The van der Waals surface area contributed by atoms with Crippen molar-refractivity contribution in [1.29, 1.82) is 5.41 Å². The van der Waals surface area contributed by atoms with Gasteiger partial charge in [-0.2, -0.15) is 0 Å². The summed E-state index contributed by atoms with van der Waals surface area (Å²) in [4.78, 5) is 15.6. The minimum Gasteiger partial charge on any atom is -0.371 e. The maximum absolute atomic E-state index is 14.6. The normalized spacial score (nSPS) is 18.5. The summed E-state index contributed by atoms with van der Waals surface area (Å²) < 4.78 is 20.7. The number of hydrogen-bond donors (Lipinski definition) is 2. The molecule has 0 aromatic heterocycles. The van der Waals surface area contributed by atoms with Gasteiger partial charge in [0.15, 0.2) is 12.2 Å². The maximum atomic E-state index is 14.6. The van der Waals surface area contributed by atoms with Crippen molar-refractivity contribution in [2.75, 3.05) is 31.1 Å². The molecule has 0 unspecified atom stereocenters. The van der Waals surface area contributed by atoms with Crippen molar-refractivity contribution in [3.63, 3.8) is 0 Å². The largest absolute Gasteiger partial charge is 0.371 e. The lowest BCUT2D eigenvalue weighted by Gasteiger charge is -2.43. The van der Waals surface area contributed by atoms with Crippen molar-refractivity contribution < 1.29 is 13.9 Å². The predicted molar refractivity (Wildman–Crippen MR) is 97.9 cm³/mol. The molecule has 1 aromatic rings. The lowest BCUT2D eigenvalue weighted by Crippen LogP contribution is -2.55. The van der Waals surface area contributed by atoms with Crippen LogP contribution in [0.5, 0.6) is 0 Å². The van der Waals surface area contributed by atoms with E-state index in [0.29, 0.717) is 30.8 Å². The number of carbonyl (C=O) groups is 1. The third kappa shape index (κ3) is 4.15. The van der Waals surface area contributed by atoms with E-state index in [1.54, 1.807) is 12.1 Å². The smallest absolute Gasteiger partial charge is 0.222 e. The van der Waals surface area contributed by atoms with Gasteiger partial charge in [-0.05, 0) is 18.9 Å². The summed E-state index contributed by atoms with van der Waals surface area (Å²) in [6.45, 7) is 5.04. The summed E-state index contributed by atoms with van der Waals surface area (Å²) in [6.07, 6.45) is 4.67. The molecule has 2 aliphatic rings. The Labute approximate surface area is 153 Å². The van der Waals surface area contributed by atoms with Crippen LogP contribution >= 0.6 is 0 Å². The monoisotopic (exact) mass is 361 g/mol. The Bertz CT molecular complexity index is 640. The molecule has 2 N–H and O–H groups in total. The molecule has 7 heteroatoms. The van der Waals surface area contributed by atoms with Crippen molar-refractivity contribution in [3.8, 4) is 0 Å². The molecule has 1 radical (unpaired) electrons. The molecule has 1 aromatic carbocycles. The molecule has 0 bridgehead atoms. The molecule has 0 atom stereocenters. The maximum Gasteiger partial charge on any atom is 0.222 e. The fraction of sp³-hybridized carbons (Fsp3) is 0.579. The van der Waals surface area contributed by atoms with Crippen LogP contribution in [0, 0.1) is 11.2 Å². The van der Waals surface area contributed by atoms with Crippen LogP contribution in [0.15, 0.2) is 18.2 Å². The summed E-state index contributed by atoms with van der Waals surface area (Å²) in [5.41, 5.74) is 1.11. The molecular formula is C19H26FN4O2. The van der Waals surface area contributed by atoms with Gasteiger partial charge < -0.3 is 19.9 Å². The van der Waals surface area contributed by atoms with Gasteiger partial charge in [-0.3, -0.25) is 10.2 Å². The van der Waals surface area contributed by atoms with E-state index >= 15 is 0 Å². The highest BCUT2D eigenvalue weighted by Gasteiger charge is 2.33. The van der Waals surface area contributed by atoms with Crippen LogP contribution in [-0.2, 0) is 16.1 Å². The van der Waals surface area contributed by atoms with Crippen LogP contribution in [0.25, 0.3) is 0 Å². The van der Waals surface area contributed by atoms with Crippen LogP contribution in [-0.4, -0.2) is 55.5 Å². The second kappa shape index (κ2) is 8.49. The summed E-state index contributed by atoms with van der Waals surface area (Å²) in [7, 11) is 0. The van der Waals surface area contributed by atoms with E-state index in [2.05, 4.69) is 11.7 Å². The number of halogens is 1. The van der Waals surface area contributed by atoms with Crippen molar-refractivity contribution in [2.45, 2.75) is 44.9 Å². The molecule has 6 nitrogen and oxygen atoms in total. The minimum atomic E-state index is -0.250. The summed E-state index contributed by atoms with van der Waals surface area (Å²) >= 11 is 0. The van der Waals surface area contributed by atoms with E-state index in [9.17, 15) is 9.18 Å². The topological polar surface area (TPSA) is 68.7 Å². The lowest BCUT2D eigenvalue weighted by molar-refractivity contribution is -0.134. The first-order chi connectivity index (χ1) is 12.6. The molecule has 0 saturated carbocycles. The molecule has 0 spiro atoms. The molecule has 2 saturated heterocycles. The molecule has 2 fully saturated rings. The Morgan fingerprint density at radius 3 is 2.73 bits per heavy atom. The van der Waals surface area contributed by atoms with Gasteiger partial charge in [-0.15, -0.1) is 0 Å². The average Bonchev–Trinajstić information content (AvgIpc) is 2.64. The number of hydrogen-bond acceptors (Lipinski definition) is 4. The zero-order valence-electron chi connectivity index (χ0n) is 15.1. The average molecular weight is 361 g/mol. The summed E-state index contributed by atoms with van der Waals surface area (Å²) in [6, 6.07) is 5.31. The van der Waals surface area contributed by atoms with Crippen molar-refractivity contribution in [1.82, 2.24) is 10.2 Å². The highest BCUT2D eigenvalue weighted by molar-refractivity contribution is 5.75. The lowest BCUT2D eigenvalue weighted by atomic mass is 10.0. The Balaban J connectivity index is 1.46. The number of carbonyl (C=O) groups excluding carboxylic acids is 1. The number of amides is 1. The van der Waals surface area contributed by atoms with Crippen LogP contribution in [0.4, 0.5) is 10.1 Å². The minimum absolute atomic E-state index is 0.115. The first-order valence-electron chi connectivity index (χ1n) is 9.22. The number of nitrogens with zero attached hydrogens (tertiary/aromatic N) is 2. The van der Waals surface area contributed by atoms with E-state index in [4.69, 9.17) is 10.1 Å². The van der Waals surface area contributed by atoms with Crippen molar-refractivity contribution >= 4 is 17.9 Å². The second-order valence-electron chi connectivity index (χ2n) is 6.83.